The van der Waals surface area contributed by atoms with Crippen LogP contribution in [0.1, 0.15) is 32.1 Å². The number of alkyl halides is 1. The van der Waals surface area contributed by atoms with Crippen LogP contribution in [0, 0.1) is 0 Å². The molecule has 15 heavy (non-hydrogen) atoms. The van der Waals surface area contributed by atoms with Crippen molar-refractivity contribution in [2.75, 3.05) is 38.1 Å². The molecule has 2 aliphatic heterocycles. The lowest BCUT2D eigenvalue weighted by Gasteiger charge is -2.23. The van der Waals surface area contributed by atoms with Crippen molar-refractivity contribution in [3.8, 4) is 0 Å². The standard InChI is InChI=1S/C12H23BrN2/c13-6-1-2-7-14-10-5-12(11-14)15-8-3-4-9-15/h12H,1-11H2. The largest absolute Gasteiger partial charge is 0.302 e. The molecule has 0 aromatic rings. The van der Waals surface area contributed by atoms with Gasteiger partial charge in [0.15, 0.2) is 0 Å². The average molecular weight is 275 g/mol. The average Bonchev–Trinajstić information content (AvgIpc) is 2.87. The van der Waals surface area contributed by atoms with E-state index in [1.807, 2.05) is 0 Å². The van der Waals surface area contributed by atoms with Gasteiger partial charge in [-0.3, -0.25) is 4.90 Å². The molecule has 3 heteroatoms. The summed E-state index contributed by atoms with van der Waals surface area (Å²) in [6, 6.07) is 0.886. The van der Waals surface area contributed by atoms with E-state index in [-0.39, 0.29) is 0 Å². The van der Waals surface area contributed by atoms with Crippen LogP contribution in [-0.4, -0.2) is 53.9 Å². The monoisotopic (exact) mass is 274 g/mol. The van der Waals surface area contributed by atoms with E-state index >= 15 is 0 Å². The Hall–Kier alpha value is 0.400. The Balaban J connectivity index is 1.65. The first-order chi connectivity index (χ1) is 7.40. The van der Waals surface area contributed by atoms with Crippen LogP contribution in [0.15, 0.2) is 0 Å². The summed E-state index contributed by atoms with van der Waals surface area (Å²) in [5.74, 6) is 0. The molecule has 88 valence electrons. The minimum absolute atomic E-state index is 0.886. The van der Waals surface area contributed by atoms with E-state index in [1.54, 1.807) is 0 Å². The molecule has 0 bridgehead atoms. The number of hydrogen-bond donors (Lipinski definition) is 0. The molecule has 0 aromatic carbocycles. The second kappa shape index (κ2) is 6.21. The minimum Gasteiger partial charge on any atom is -0.302 e. The maximum atomic E-state index is 3.50. The van der Waals surface area contributed by atoms with Gasteiger partial charge in [-0.1, -0.05) is 15.9 Å². The molecule has 2 rings (SSSR count). The Morgan fingerprint density at radius 2 is 1.87 bits per heavy atom. The predicted octanol–water partition coefficient (Wildman–Crippen LogP) is 2.33. The van der Waals surface area contributed by atoms with Crippen LogP contribution in [0.4, 0.5) is 0 Å². The Morgan fingerprint density at radius 3 is 2.60 bits per heavy atom. The van der Waals surface area contributed by atoms with Gasteiger partial charge < -0.3 is 4.90 Å². The second-order valence-corrected chi connectivity index (χ2v) is 5.68. The third-order valence-corrected chi connectivity index (χ3v) is 4.32. The zero-order valence-corrected chi connectivity index (χ0v) is 11.2. The van der Waals surface area contributed by atoms with Gasteiger partial charge in [-0.05, 0) is 58.3 Å². The third-order valence-electron chi connectivity index (χ3n) is 3.76. The highest BCUT2D eigenvalue weighted by molar-refractivity contribution is 9.09. The molecule has 2 nitrogen and oxygen atoms in total. The minimum atomic E-state index is 0.886. The van der Waals surface area contributed by atoms with E-state index in [1.165, 1.54) is 64.8 Å². The highest BCUT2D eigenvalue weighted by atomic mass is 79.9. The van der Waals surface area contributed by atoms with E-state index in [9.17, 15) is 0 Å². The molecule has 0 saturated carbocycles. The van der Waals surface area contributed by atoms with Crippen LogP contribution >= 0.6 is 15.9 Å². The smallest absolute Gasteiger partial charge is 0.0235 e. The molecule has 0 amide bonds. The first-order valence-corrected chi connectivity index (χ1v) is 7.54. The van der Waals surface area contributed by atoms with E-state index in [4.69, 9.17) is 0 Å². The van der Waals surface area contributed by atoms with Crippen molar-refractivity contribution < 1.29 is 0 Å². The summed E-state index contributed by atoms with van der Waals surface area (Å²) < 4.78 is 0. The van der Waals surface area contributed by atoms with Crippen LogP contribution < -0.4 is 0 Å². The van der Waals surface area contributed by atoms with Gasteiger partial charge in [-0.15, -0.1) is 0 Å². The van der Waals surface area contributed by atoms with Crippen molar-refractivity contribution in [1.29, 1.82) is 0 Å². The summed E-state index contributed by atoms with van der Waals surface area (Å²) in [5, 5.41) is 1.16. The van der Waals surface area contributed by atoms with Crippen LogP contribution in [-0.2, 0) is 0 Å². The Bertz CT molecular complexity index is 180. The van der Waals surface area contributed by atoms with Crippen LogP contribution in [0.25, 0.3) is 0 Å². The topological polar surface area (TPSA) is 6.48 Å². The van der Waals surface area contributed by atoms with Gasteiger partial charge in [-0.2, -0.15) is 0 Å². The van der Waals surface area contributed by atoms with Gasteiger partial charge in [0.2, 0.25) is 0 Å². The first kappa shape index (κ1) is 11.9. The molecule has 1 atom stereocenters. The molecule has 2 saturated heterocycles. The van der Waals surface area contributed by atoms with Crippen molar-refractivity contribution in [3.63, 3.8) is 0 Å². The lowest BCUT2D eigenvalue weighted by Crippen LogP contribution is -2.35. The summed E-state index contributed by atoms with van der Waals surface area (Å²) in [6.07, 6.45) is 6.96. The highest BCUT2D eigenvalue weighted by Crippen LogP contribution is 2.20. The second-order valence-electron chi connectivity index (χ2n) is 4.88. The zero-order chi connectivity index (χ0) is 10.5. The molecular weight excluding hydrogens is 252 g/mol. The number of unbranched alkanes of at least 4 members (excludes halogenated alkanes) is 1. The fraction of sp³-hybridized carbons (Fsp3) is 1.00. The normalized spacial score (nSPS) is 29.0. The number of likely N-dealkylation sites (tertiary alicyclic amines) is 2. The van der Waals surface area contributed by atoms with E-state index in [2.05, 4.69) is 25.7 Å². The van der Waals surface area contributed by atoms with Crippen molar-refractivity contribution in [2.24, 2.45) is 0 Å². The summed E-state index contributed by atoms with van der Waals surface area (Å²) in [7, 11) is 0. The number of nitrogens with zero attached hydrogens (tertiary/aromatic N) is 2. The van der Waals surface area contributed by atoms with Crippen LogP contribution in [0.3, 0.4) is 0 Å². The summed E-state index contributed by atoms with van der Waals surface area (Å²) >= 11 is 3.50. The maximum Gasteiger partial charge on any atom is 0.0235 e. The molecule has 2 heterocycles. The van der Waals surface area contributed by atoms with Crippen LogP contribution in [0.2, 0.25) is 0 Å². The lowest BCUT2D eigenvalue weighted by molar-refractivity contribution is 0.231. The SMILES string of the molecule is BrCCCCN1CCC(N2CCCC2)C1. The van der Waals surface area contributed by atoms with E-state index < -0.39 is 0 Å². The molecular formula is C12H23BrN2. The fourth-order valence-electron chi connectivity index (χ4n) is 2.85. The maximum absolute atomic E-state index is 3.50. The van der Waals surface area contributed by atoms with Crippen molar-refractivity contribution >= 4 is 15.9 Å². The summed E-state index contributed by atoms with van der Waals surface area (Å²) in [6.45, 7) is 6.71. The number of hydrogen-bond acceptors (Lipinski definition) is 2. The van der Waals surface area contributed by atoms with Gasteiger partial charge in [0, 0.05) is 17.9 Å². The lowest BCUT2D eigenvalue weighted by atomic mass is 10.2. The number of rotatable bonds is 5. The van der Waals surface area contributed by atoms with E-state index in [0.29, 0.717) is 0 Å². The first-order valence-electron chi connectivity index (χ1n) is 6.42. The fourth-order valence-corrected chi connectivity index (χ4v) is 3.25. The van der Waals surface area contributed by atoms with Gasteiger partial charge >= 0.3 is 0 Å². The van der Waals surface area contributed by atoms with Crippen molar-refractivity contribution in [3.05, 3.63) is 0 Å². The Labute approximate surface area is 102 Å². The summed E-state index contributed by atoms with van der Waals surface area (Å²) in [4.78, 5) is 5.37. The van der Waals surface area contributed by atoms with E-state index in [0.717, 1.165) is 11.4 Å². The van der Waals surface area contributed by atoms with Gasteiger partial charge in [-0.25, -0.2) is 0 Å². The van der Waals surface area contributed by atoms with Crippen LogP contribution in [0.5, 0.6) is 0 Å². The van der Waals surface area contributed by atoms with Gasteiger partial charge in [0.1, 0.15) is 0 Å². The molecule has 2 fully saturated rings. The highest BCUT2D eigenvalue weighted by Gasteiger charge is 2.28. The van der Waals surface area contributed by atoms with Gasteiger partial charge in [0.25, 0.3) is 0 Å². The Kier molecular flexibility index (Phi) is 4.92. The molecule has 0 spiro atoms. The molecule has 1 unspecified atom stereocenters. The molecule has 0 aromatic heterocycles. The quantitative estimate of drug-likeness (QED) is 0.561. The van der Waals surface area contributed by atoms with Gasteiger partial charge in [0.05, 0.1) is 0 Å². The van der Waals surface area contributed by atoms with Crippen molar-refractivity contribution in [1.82, 2.24) is 9.80 Å². The molecule has 0 radical (unpaired) electrons. The summed E-state index contributed by atoms with van der Waals surface area (Å²) in [5.41, 5.74) is 0. The Morgan fingerprint density at radius 1 is 1.07 bits per heavy atom. The molecule has 0 N–H and O–H groups in total. The molecule has 0 aliphatic carbocycles. The predicted molar refractivity (Wildman–Crippen MR) is 68.7 cm³/mol. The number of halogens is 1. The third kappa shape index (κ3) is 3.43. The molecule has 2 aliphatic rings. The zero-order valence-electron chi connectivity index (χ0n) is 9.63. The van der Waals surface area contributed by atoms with Crippen molar-refractivity contribution in [2.45, 2.75) is 38.1 Å².